The molecule has 0 unspecified atom stereocenters. The number of rotatable bonds is 3. The predicted molar refractivity (Wildman–Crippen MR) is 91.7 cm³/mol. The van der Waals surface area contributed by atoms with Crippen molar-refractivity contribution in [3.05, 3.63) is 35.5 Å². The van der Waals surface area contributed by atoms with Crippen LogP contribution in [0.1, 0.15) is 51.9 Å². The van der Waals surface area contributed by atoms with Gasteiger partial charge in [0.25, 0.3) is 0 Å². The molecule has 3 heteroatoms. The van der Waals surface area contributed by atoms with E-state index in [0.29, 0.717) is 0 Å². The summed E-state index contributed by atoms with van der Waals surface area (Å²) in [5.41, 5.74) is 1.83. The Hall–Kier alpha value is -1.09. The fourth-order valence-electron chi connectivity index (χ4n) is 2.51. The van der Waals surface area contributed by atoms with Crippen molar-refractivity contribution in [2.75, 3.05) is 0 Å². The molecule has 0 aromatic heterocycles. The summed E-state index contributed by atoms with van der Waals surface area (Å²) >= 11 is 1.94. The first kappa shape index (κ1) is 15.3. The smallest absolute Gasteiger partial charge is 0.0927 e. The van der Waals surface area contributed by atoms with Crippen molar-refractivity contribution in [2.24, 2.45) is 9.98 Å². The van der Waals surface area contributed by atoms with Crippen molar-refractivity contribution < 1.29 is 0 Å². The minimum atomic E-state index is 0.723. The molecule has 0 radical (unpaired) electrons. The maximum atomic E-state index is 4.75. The SMILES string of the molecule is C=C1C=NC=CC1=N/C(=C\C)SC1CCCCCCC1. The molecular formula is C17H24N2S. The highest BCUT2D eigenvalue weighted by atomic mass is 32.2. The van der Waals surface area contributed by atoms with E-state index in [-0.39, 0.29) is 0 Å². The summed E-state index contributed by atoms with van der Waals surface area (Å²) in [6, 6.07) is 0. The van der Waals surface area contributed by atoms with E-state index in [1.807, 2.05) is 17.8 Å². The van der Waals surface area contributed by atoms with Gasteiger partial charge in [-0.1, -0.05) is 44.8 Å². The van der Waals surface area contributed by atoms with Gasteiger partial charge in [0.15, 0.2) is 0 Å². The van der Waals surface area contributed by atoms with Gasteiger partial charge in [-0.25, -0.2) is 4.99 Å². The van der Waals surface area contributed by atoms with Gasteiger partial charge in [-0.2, -0.15) is 0 Å². The van der Waals surface area contributed by atoms with Gasteiger partial charge in [-0.15, -0.1) is 11.8 Å². The van der Waals surface area contributed by atoms with Gasteiger partial charge < -0.3 is 0 Å². The molecule has 0 aromatic rings. The van der Waals surface area contributed by atoms with Gasteiger partial charge in [0.2, 0.25) is 0 Å². The second-order valence-corrected chi connectivity index (χ2v) is 6.65. The van der Waals surface area contributed by atoms with E-state index in [1.54, 1.807) is 12.4 Å². The van der Waals surface area contributed by atoms with Gasteiger partial charge in [-0.3, -0.25) is 4.99 Å². The van der Waals surface area contributed by atoms with Gasteiger partial charge in [-0.05, 0) is 25.8 Å². The third-order valence-electron chi connectivity index (χ3n) is 3.70. The number of hydrogen-bond donors (Lipinski definition) is 0. The van der Waals surface area contributed by atoms with Crippen LogP contribution in [0.2, 0.25) is 0 Å². The fraction of sp³-hybridized carbons (Fsp3) is 0.529. The average molecular weight is 288 g/mol. The van der Waals surface area contributed by atoms with Gasteiger partial charge in [0.1, 0.15) is 0 Å². The third kappa shape index (κ3) is 4.78. The summed E-state index contributed by atoms with van der Waals surface area (Å²) in [6.45, 7) is 6.06. The topological polar surface area (TPSA) is 24.7 Å². The van der Waals surface area contributed by atoms with Gasteiger partial charge in [0.05, 0.1) is 10.7 Å². The summed E-state index contributed by atoms with van der Waals surface area (Å²) in [6.07, 6.45) is 17.2. The van der Waals surface area contributed by atoms with Crippen LogP contribution in [0.4, 0.5) is 0 Å². The fourth-order valence-corrected chi connectivity index (χ4v) is 3.71. The molecule has 0 N–H and O–H groups in total. The number of hydrogen-bond acceptors (Lipinski definition) is 3. The average Bonchev–Trinajstić information content (AvgIpc) is 2.42. The van der Waals surface area contributed by atoms with Crippen molar-refractivity contribution >= 4 is 23.7 Å². The van der Waals surface area contributed by atoms with Crippen LogP contribution in [0.3, 0.4) is 0 Å². The minimum Gasteiger partial charge on any atom is -0.264 e. The maximum absolute atomic E-state index is 4.75. The van der Waals surface area contributed by atoms with Crippen LogP contribution in [0.25, 0.3) is 0 Å². The second kappa shape index (κ2) is 8.25. The highest BCUT2D eigenvalue weighted by molar-refractivity contribution is 8.03. The van der Waals surface area contributed by atoms with Crippen LogP contribution in [0, 0.1) is 0 Å². The molecule has 0 amide bonds. The molecular weight excluding hydrogens is 264 g/mol. The Bertz CT molecular complexity index is 450. The van der Waals surface area contributed by atoms with E-state index in [1.165, 1.54) is 44.9 Å². The molecule has 0 atom stereocenters. The Kier molecular flexibility index (Phi) is 6.31. The van der Waals surface area contributed by atoms with Crippen molar-refractivity contribution in [2.45, 2.75) is 57.1 Å². The zero-order valence-electron chi connectivity index (χ0n) is 12.3. The molecule has 2 rings (SSSR count). The van der Waals surface area contributed by atoms with Crippen LogP contribution >= 0.6 is 11.8 Å². The molecule has 1 fully saturated rings. The van der Waals surface area contributed by atoms with E-state index in [9.17, 15) is 0 Å². The number of thioether (sulfide) groups is 1. The highest BCUT2D eigenvalue weighted by Gasteiger charge is 2.14. The molecule has 0 saturated heterocycles. The quantitative estimate of drug-likeness (QED) is 0.692. The van der Waals surface area contributed by atoms with Crippen molar-refractivity contribution in [1.82, 2.24) is 0 Å². The van der Waals surface area contributed by atoms with E-state index in [0.717, 1.165) is 21.6 Å². The lowest BCUT2D eigenvalue weighted by atomic mass is 10.0. The highest BCUT2D eigenvalue weighted by Crippen LogP contribution is 2.32. The first-order valence-electron chi connectivity index (χ1n) is 7.60. The van der Waals surface area contributed by atoms with Crippen molar-refractivity contribution in [1.29, 1.82) is 0 Å². The first-order valence-corrected chi connectivity index (χ1v) is 8.48. The Balaban J connectivity index is 1.98. The van der Waals surface area contributed by atoms with E-state index in [4.69, 9.17) is 4.99 Å². The molecule has 0 bridgehead atoms. The monoisotopic (exact) mass is 288 g/mol. The molecule has 2 nitrogen and oxygen atoms in total. The third-order valence-corrected chi connectivity index (χ3v) is 5.07. The molecule has 0 spiro atoms. The minimum absolute atomic E-state index is 0.723. The van der Waals surface area contributed by atoms with Crippen LogP contribution in [0.15, 0.2) is 45.5 Å². The largest absolute Gasteiger partial charge is 0.264 e. The molecule has 20 heavy (non-hydrogen) atoms. The molecule has 1 heterocycles. The van der Waals surface area contributed by atoms with Crippen molar-refractivity contribution in [3.8, 4) is 0 Å². The summed E-state index contributed by atoms with van der Waals surface area (Å²) in [7, 11) is 0. The van der Waals surface area contributed by atoms with E-state index >= 15 is 0 Å². The van der Waals surface area contributed by atoms with Crippen LogP contribution in [0.5, 0.6) is 0 Å². The normalized spacial score (nSPS) is 23.9. The summed E-state index contributed by atoms with van der Waals surface area (Å²) < 4.78 is 0. The molecule has 1 saturated carbocycles. The molecule has 108 valence electrons. The number of nitrogens with zero attached hydrogens (tertiary/aromatic N) is 2. The summed E-state index contributed by atoms with van der Waals surface area (Å²) in [5, 5.41) is 1.84. The van der Waals surface area contributed by atoms with E-state index < -0.39 is 0 Å². The van der Waals surface area contributed by atoms with Crippen LogP contribution < -0.4 is 0 Å². The van der Waals surface area contributed by atoms with E-state index in [2.05, 4.69) is 24.6 Å². The molecule has 0 aromatic carbocycles. The Labute approximate surface area is 126 Å². The number of allylic oxidation sites excluding steroid dienone is 3. The summed E-state index contributed by atoms with van der Waals surface area (Å²) in [4.78, 5) is 8.81. The lowest BCUT2D eigenvalue weighted by molar-refractivity contribution is 0.513. The number of aliphatic imine (C=N–C) groups is 2. The lowest BCUT2D eigenvalue weighted by Gasteiger charge is -2.19. The van der Waals surface area contributed by atoms with Crippen LogP contribution in [-0.2, 0) is 0 Å². The lowest BCUT2D eigenvalue weighted by Crippen LogP contribution is -2.07. The zero-order valence-corrected chi connectivity index (χ0v) is 13.2. The molecule has 1 aliphatic heterocycles. The van der Waals surface area contributed by atoms with Crippen molar-refractivity contribution in [3.63, 3.8) is 0 Å². The second-order valence-electron chi connectivity index (χ2n) is 5.33. The Morgan fingerprint density at radius 2 is 2.00 bits per heavy atom. The first-order chi connectivity index (χ1) is 9.79. The maximum Gasteiger partial charge on any atom is 0.0927 e. The Morgan fingerprint density at radius 3 is 2.65 bits per heavy atom. The standard InChI is InChI=1S/C17H24N2S/c1-3-17(19-16-11-12-18-13-14(16)2)20-15-9-7-5-4-6-8-10-15/h3,11-13,15H,2,4-10H2,1H3/b17-3+,19-16?. The Morgan fingerprint density at radius 1 is 1.30 bits per heavy atom. The van der Waals surface area contributed by atoms with Gasteiger partial charge in [0, 0.05) is 23.2 Å². The predicted octanol–water partition coefficient (Wildman–Crippen LogP) is 5.29. The molecule has 2 aliphatic rings. The molecule has 1 aliphatic carbocycles. The van der Waals surface area contributed by atoms with Crippen LogP contribution in [-0.4, -0.2) is 17.2 Å². The summed E-state index contributed by atoms with van der Waals surface area (Å²) in [5.74, 6) is 0. The van der Waals surface area contributed by atoms with Gasteiger partial charge >= 0.3 is 0 Å². The zero-order chi connectivity index (χ0) is 14.2.